The Labute approximate surface area is 165 Å². The number of hydrogen-bond acceptors (Lipinski definition) is 4. The van der Waals surface area contributed by atoms with Crippen molar-refractivity contribution in [2.45, 2.75) is 26.1 Å². The molecule has 0 aliphatic carbocycles. The van der Waals surface area contributed by atoms with E-state index in [9.17, 15) is 13.2 Å². The normalized spacial score (nSPS) is 20.6. The van der Waals surface area contributed by atoms with Crippen LogP contribution in [-0.2, 0) is 14.8 Å². The summed E-state index contributed by atoms with van der Waals surface area (Å²) in [6, 6.07) is 10.8. The fourth-order valence-corrected chi connectivity index (χ4v) is 4.70. The maximum atomic E-state index is 12.5. The Morgan fingerprint density at radius 1 is 1.14 bits per heavy atom. The number of urea groups is 1. The van der Waals surface area contributed by atoms with Gasteiger partial charge in [0, 0.05) is 43.4 Å². The Balaban J connectivity index is 1.50. The lowest BCUT2D eigenvalue weighted by molar-refractivity contribution is -0.0440. The third kappa shape index (κ3) is 5.34. The molecule has 0 saturated carbocycles. The average molecular weight is 407 g/mol. The van der Waals surface area contributed by atoms with Gasteiger partial charge in [-0.3, -0.25) is 0 Å². The Hall–Kier alpha value is -2.36. The first kappa shape index (κ1) is 20.4. The van der Waals surface area contributed by atoms with E-state index in [1.54, 1.807) is 6.07 Å². The molecule has 1 aliphatic rings. The first-order valence-corrected chi connectivity index (χ1v) is 10.9. The van der Waals surface area contributed by atoms with Gasteiger partial charge in [0.1, 0.15) is 0 Å². The summed E-state index contributed by atoms with van der Waals surface area (Å²) in [5.74, 6) is -0.150. The Morgan fingerprint density at radius 3 is 2.50 bits per heavy atom. The van der Waals surface area contributed by atoms with Gasteiger partial charge in [-0.25, -0.2) is 13.2 Å². The summed E-state index contributed by atoms with van der Waals surface area (Å²) in [6.45, 7) is 4.42. The van der Waals surface area contributed by atoms with Gasteiger partial charge in [0.25, 0.3) is 0 Å². The fraction of sp³-hybridized carbons (Fsp3) is 0.421. The molecule has 1 fully saturated rings. The van der Waals surface area contributed by atoms with Crippen molar-refractivity contribution in [3.8, 4) is 5.69 Å². The van der Waals surface area contributed by atoms with Crippen molar-refractivity contribution in [3.05, 3.63) is 48.8 Å². The second-order valence-electron chi connectivity index (χ2n) is 6.91. The van der Waals surface area contributed by atoms with Crippen molar-refractivity contribution in [2.75, 3.05) is 30.7 Å². The molecule has 1 aromatic heterocycles. The molecule has 1 saturated heterocycles. The van der Waals surface area contributed by atoms with Gasteiger partial charge < -0.3 is 19.9 Å². The van der Waals surface area contributed by atoms with Gasteiger partial charge in [-0.15, -0.1) is 0 Å². The molecule has 3 rings (SSSR count). The zero-order valence-corrected chi connectivity index (χ0v) is 16.9. The highest BCUT2D eigenvalue weighted by Gasteiger charge is 2.30. The molecule has 2 heterocycles. The SMILES string of the molecule is CC1CN(S(=O)(=O)CCNC(=O)Nc2cccc(-n3cccc3)c2)CC(C)O1. The van der Waals surface area contributed by atoms with Crippen molar-refractivity contribution >= 4 is 21.7 Å². The molecule has 2 atom stereocenters. The van der Waals surface area contributed by atoms with Crippen LogP contribution < -0.4 is 10.6 Å². The smallest absolute Gasteiger partial charge is 0.319 e. The lowest BCUT2D eigenvalue weighted by Gasteiger charge is -2.34. The van der Waals surface area contributed by atoms with Gasteiger partial charge in [-0.1, -0.05) is 6.07 Å². The topological polar surface area (TPSA) is 92.7 Å². The van der Waals surface area contributed by atoms with E-state index in [1.165, 1.54) is 4.31 Å². The Morgan fingerprint density at radius 2 is 1.82 bits per heavy atom. The number of carbonyl (C=O) groups is 1. The van der Waals surface area contributed by atoms with Crippen LogP contribution >= 0.6 is 0 Å². The van der Waals surface area contributed by atoms with Crippen LogP contribution in [0, 0.1) is 0 Å². The van der Waals surface area contributed by atoms with Crippen molar-refractivity contribution in [1.29, 1.82) is 0 Å². The summed E-state index contributed by atoms with van der Waals surface area (Å²) in [5.41, 5.74) is 1.54. The van der Waals surface area contributed by atoms with E-state index in [0.717, 1.165) is 5.69 Å². The number of morpholine rings is 1. The standard InChI is InChI=1S/C19H26N4O4S/c1-15-13-23(14-16(2)27-15)28(25,26)11-8-20-19(24)21-17-6-5-7-18(12-17)22-9-3-4-10-22/h3-7,9-10,12,15-16H,8,11,13-14H2,1-2H3,(H2,20,21,24). The zero-order chi connectivity index (χ0) is 20.1. The first-order chi connectivity index (χ1) is 13.3. The molecule has 2 amide bonds. The van der Waals surface area contributed by atoms with Gasteiger partial charge in [-0.05, 0) is 44.2 Å². The number of nitrogens with one attached hydrogen (secondary N) is 2. The summed E-state index contributed by atoms with van der Waals surface area (Å²) in [6.07, 6.45) is 3.55. The molecule has 9 heteroatoms. The van der Waals surface area contributed by atoms with Crippen molar-refractivity contribution in [3.63, 3.8) is 0 Å². The van der Waals surface area contributed by atoms with Crippen LogP contribution in [0.1, 0.15) is 13.8 Å². The van der Waals surface area contributed by atoms with Crippen LogP contribution in [0.4, 0.5) is 10.5 Å². The molecular formula is C19H26N4O4S. The van der Waals surface area contributed by atoms with E-state index in [0.29, 0.717) is 18.8 Å². The zero-order valence-electron chi connectivity index (χ0n) is 16.0. The molecule has 0 bridgehead atoms. The van der Waals surface area contributed by atoms with E-state index < -0.39 is 16.1 Å². The third-order valence-corrected chi connectivity index (χ3v) is 6.24. The molecule has 0 radical (unpaired) electrons. The lowest BCUT2D eigenvalue weighted by Crippen LogP contribution is -2.49. The number of ether oxygens (including phenoxy) is 1. The van der Waals surface area contributed by atoms with Crippen LogP contribution in [0.2, 0.25) is 0 Å². The molecule has 2 N–H and O–H groups in total. The number of benzene rings is 1. The van der Waals surface area contributed by atoms with Gasteiger partial charge in [-0.2, -0.15) is 4.31 Å². The van der Waals surface area contributed by atoms with E-state index >= 15 is 0 Å². The molecular weight excluding hydrogens is 380 g/mol. The number of rotatable bonds is 6. The van der Waals surface area contributed by atoms with E-state index in [1.807, 2.05) is 61.1 Å². The van der Waals surface area contributed by atoms with Crippen molar-refractivity contribution in [2.24, 2.45) is 0 Å². The summed E-state index contributed by atoms with van der Waals surface area (Å²) >= 11 is 0. The Kier molecular flexibility index (Phi) is 6.38. The first-order valence-electron chi connectivity index (χ1n) is 9.25. The molecule has 1 aromatic carbocycles. The third-order valence-electron chi connectivity index (χ3n) is 4.43. The van der Waals surface area contributed by atoms with Gasteiger partial charge >= 0.3 is 6.03 Å². The van der Waals surface area contributed by atoms with Crippen LogP contribution in [0.5, 0.6) is 0 Å². The summed E-state index contributed by atoms with van der Waals surface area (Å²) in [4.78, 5) is 12.1. The van der Waals surface area contributed by atoms with E-state index in [4.69, 9.17) is 4.74 Å². The summed E-state index contributed by atoms with van der Waals surface area (Å²) < 4.78 is 33.9. The summed E-state index contributed by atoms with van der Waals surface area (Å²) in [7, 11) is -3.45. The molecule has 152 valence electrons. The number of amides is 2. The minimum atomic E-state index is -3.45. The number of hydrogen-bond donors (Lipinski definition) is 2. The van der Waals surface area contributed by atoms with Gasteiger partial charge in [0.05, 0.1) is 18.0 Å². The maximum Gasteiger partial charge on any atom is 0.319 e. The maximum absolute atomic E-state index is 12.5. The average Bonchev–Trinajstić information content (AvgIpc) is 3.15. The quantitative estimate of drug-likeness (QED) is 0.768. The predicted octanol–water partition coefficient (Wildman–Crippen LogP) is 2.04. The monoisotopic (exact) mass is 406 g/mol. The second kappa shape index (κ2) is 8.76. The van der Waals surface area contributed by atoms with Crippen LogP contribution in [0.25, 0.3) is 5.69 Å². The Bertz CT molecular complexity index is 888. The minimum absolute atomic E-state index is 0.0333. The van der Waals surface area contributed by atoms with Crippen molar-refractivity contribution in [1.82, 2.24) is 14.2 Å². The van der Waals surface area contributed by atoms with E-state index in [2.05, 4.69) is 10.6 Å². The number of sulfonamides is 1. The summed E-state index contributed by atoms with van der Waals surface area (Å²) in [5, 5.41) is 5.34. The largest absolute Gasteiger partial charge is 0.373 e. The lowest BCUT2D eigenvalue weighted by atomic mass is 10.3. The molecule has 28 heavy (non-hydrogen) atoms. The highest BCUT2D eigenvalue weighted by molar-refractivity contribution is 7.89. The highest BCUT2D eigenvalue weighted by Crippen LogP contribution is 2.16. The fourth-order valence-electron chi connectivity index (χ4n) is 3.21. The predicted molar refractivity (Wildman–Crippen MR) is 108 cm³/mol. The molecule has 0 spiro atoms. The number of nitrogens with zero attached hydrogens (tertiary/aromatic N) is 2. The van der Waals surface area contributed by atoms with Gasteiger partial charge in [0.2, 0.25) is 10.0 Å². The second-order valence-corrected chi connectivity index (χ2v) is 9.00. The minimum Gasteiger partial charge on any atom is -0.373 e. The molecule has 2 unspecified atom stereocenters. The van der Waals surface area contributed by atoms with E-state index in [-0.39, 0.29) is 24.5 Å². The van der Waals surface area contributed by atoms with Crippen LogP contribution in [0.3, 0.4) is 0 Å². The highest BCUT2D eigenvalue weighted by atomic mass is 32.2. The number of aromatic nitrogens is 1. The molecule has 2 aromatic rings. The van der Waals surface area contributed by atoms with Crippen molar-refractivity contribution < 1.29 is 17.9 Å². The molecule has 8 nitrogen and oxygen atoms in total. The van der Waals surface area contributed by atoms with Crippen LogP contribution in [-0.4, -0.2) is 60.9 Å². The van der Waals surface area contributed by atoms with Gasteiger partial charge in [0.15, 0.2) is 0 Å². The number of carbonyl (C=O) groups excluding carboxylic acids is 1. The number of anilines is 1. The van der Waals surface area contributed by atoms with Crippen LogP contribution in [0.15, 0.2) is 48.8 Å². The molecule has 1 aliphatic heterocycles.